The van der Waals surface area contributed by atoms with Crippen LogP contribution in [0.1, 0.15) is 30.6 Å². The molecule has 0 saturated heterocycles. The lowest BCUT2D eigenvalue weighted by molar-refractivity contribution is 0.101. The first-order valence-corrected chi connectivity index (χ1v) is 7.42. The Morgan fingerprint density at radius 2 is 2.17 bits per heavy atom. The van der Waals surface area contributed by atoms with E-state index in [-0.39, 0.29) is 11.6 Å². The van der Waals surface area contributed by atoms with Crippen molar-refractivity contribution in [3.05, 3.63) is 29.6 Å². The smallest absolute Gasteiger partial charge is 0.159 e. The fourth-order valence-electron chi connectivity index (χ4n) is 1.90. The van der Waals surface area contributed by atoms with Gasteiger partial charge in [-0.2, -0.15) is 11.8 Å². The van der Waals surface area contributed by atoms with Crippen LogP contribution in [0.2, 0.25) is 0 Å². The third-order valence-electron chi connectivity index (χ3n) is 3.11. The molecule has 1 rings (SSSR count). The number of benzene rings is 1. The van der Waals surface area contributed by atoms with Crippen molar-refractivity contribution in [3.8, 4) is 0 Å². The van der Waals surface area contributed by atoms with E-state index in [1.165, 1.54) is 13.0 Å². The van der Waals surface area contributed by atoms with E-state index in [1.807, 2.05) is 18.2 Å². The average molecular weight is 269 g/mol. The summed E-state index contributed by atoms with van der Waals surface area (Å²) < 4.78 is 14.0. The number of rotatable bonds is 6. The third-order valence-corrected chi connectivity index (χ3v) is 3.83. The van der Waals surface area contributed by atoms with Gasteiger partial charge in [-0.1, -0.05) is 6.92 Å². The molecule has 0 aliphatic rings. The summed E-state index contributed by atoms with van der Waals surface area (Å²) in [6.45, 7) is 3.54. The second-order valence-electron chi connectivity index (χ2n) is 4.35. The average Bonchev–Trinajstić information content (AvgIpc) is 2.34. The van der Waals surface area contributed by atoms with Crippen molar-refractivity contribution in [3.63, 3.8) is 0 Å². The Morgan fingerprint density at radius 1 is 1.50 bits per heavy atom. The SMILES string of the molecule is CCC(CSC)N(C)c1ccc(C(C)=O)cc1F. The van der Waals surface area contributed by atoms with E-state index in [0.29, 0.717) is 17.3 Å². The van der Waals surface area contributed by atoms with Crippen molar-refractivity contribution >= 4 is 23.2 Å². The van der Waals surface area contributed by atoms with Gasteiger partial charge < -0.3 is 4.90 Å². The zero-order valence-corrected chi connectivity index (χ0v) is 12.2. The van der Waals surface area contributed by atoms with E-state index >= 15 is 0 Å². The number of thioether (sulfide) groups is 1. The molecule has 0 aliphatic carbocycles. The van der Waals surface area contributed by atoms with Crippen molar-refractivity contribution in [2.24, 2.45) is 0 Å². The highest BCUT2D eigenvalue weighted by Gasteiger charge is 2.16. The molecular formula is C14H20FNOS. The van der Waals surface area contributed by atoms with Gasteiger partial charge in [-0.3, -0.25) is 4.79 Å². The molecule has 18 heavy (non-hydrogen) atoms. The predicted molar refractivity (Wildman–Crippen MR) is 77.3 cm³/mol. The highest BCUT2D eigenvalue weighted by atomic mass is 32.2. The lowest BCUT2D eigenvalue weighted by Gasteiger charge is -2.29. The highest BCUT2D eigenvalue weighted by Crippen LogP contribution is 2.23. The maximum Gasteiger partial charge on any atom is 0.159 e. The van der Waals surface area contributed by atoms with Crippen molar-refractivity contribution in [1.82, 2.24) is 0 Å². The monoisotopic (exact) mass is 269 g/mol. The van der Waals surface area contributed by atoms with E-state index in [2.05, 4.69) is 6.92 Å². The van der Waals surface area contributed by atoms with E-state index in [0.717, 1.165) is 12.2 Å². The largest absolute Gasteiger partial charge is 0.368 e. The minimum absolute atomic E-state index is 0.112. The zero-order valence-electron chi connectivity index (χ0n) is 11.4. The molecule has 1 unspecified atom stereocenters. The molecule has 0 fully saturated rings. The van der Waals surface area contributed by atoms with Gasteiger partial charge in [0.1, 0.15) is 5.82 Å². The number of nitrogens with zero attached hydrogens (tertiary/aromatic N) is 1. The molecule has 1 atom stereocenters. The Bertz CT molecular complexity index is 422. The summed E-state index contributed by atoms with van der Waals surface area (Å²) in [4.78, 5) is 13.1. The summed E-state index contributed by atoms with van der Waals surface area (Å²) in [5.41, 5.74) is 0.975. The van der Waals surface area contributed by atoms with Crippen LogP contribution < -0.4 is 4.90 Å². The highest BCUT2D eigenvalue weighted by molar-refractivity contribution is 7.98. The molecule has 0 amide bonds. The zero-order chi connectivity index (χ0) is 13.7. The number of anilines is 1. The Hall–Kier alpha value is -1.03. The molecule has 4 heteroatoms. The normalized spacial score (nSPS) is 12.3. The maximum absolute atomic E-state index is 14.0. The molecule has 0 heterocycles. The summed E-state index contributed by atoms with van der Waals surface area (Å²) in [5, 5.41) is 0. The van der Waals surface area contributed by atoms with Crippen molar-refractivity contribution in [2.75, 3.05) is 24.0 Å². The van der Waals surface area contributed by atoms with Gasteiger partial charge in [-0.05, 0) is 37.8 Å². The number of hydrogen-bond acceptors (Lipinski definition) is 3. The summed E-state index contributed by atoms with van der Waals surface area (Å²) in [5.74, 6) is 0.518. The van der Waals surface area contributed by atoms with Crippen molar-refractivity contribution in [1.29, 1.82) is 0 Å². The van der Waals surface area contributed by atoms with Crippen LogP contribution in [0.5, 0.6) is 0 Å². The summed E-state index contributed by atoms with van der Waals surface area (Å²) in [6.07, 6.45) is 3.01. The van der Waals surface area contributed by atoms with Crippen LogP contribution in [0.25, 0.3) is 0 Å². The van der Waals surface area contributed by atoms with E-state index < -0.39 is 0 Å². The fraction of sp³-hybridized carbons (Fsp3) is 0.500. The number of halogens is 1. The van der Waals surface area contributed by atoms with Crippen molar-refractivity contribution < 1.29 is 9.18 Å². The number of Topliss-reactive ketones (excluding diaryl/α,β-unsaturated/α-hetero) is 1. The Labute approximate surface area is 113 Å². The molecule has 0 spiro atoms. The second-order valence-corrected chi connectivity index (χ2v) is 5.26. The van der Waals surface area contributed by atoms with E-state index in [9.17, 15) is 9.18 Å². The minimum atomic E-state index is -0.329. The third kappa shape index (κ3) is 3.48. The maximum atomic E-state index is 14.0. The summed E-state index contributed by atoms with van der Waals surface area (Å²) >= 11 is 1.75. The van der Waals surface area contributed by atoms with Crippen LogP contribution in [0, 0.1) is 5.82 Å². The first kappa shape index (κ1) is 15.0. The molecular weight excluding hydrogens is 249 g/mol. The molecule has 0 bridgehead atoms. The lowest BCUT2D eigenvalue weighted by Crippen LogP contribution is -2.33. The molecule has 1 aromatic carbocycles. The number of hydrogen-bond donors (Lipinski definition) is 0. The Morgan fingerprint density at radius 3 is 2.61 bits per heavy atom. The number of carbonyl (C=O) groups is 1. The van der Waals surface area contributed by atoms with Crippen LogP contribution in [0.4, 0.5) is 10.1 Å². The molecule has 0 saturated carbocycles. The first-order valence-electron chi connectivity index (χ1n) is 6.03. The fourth-order valence-corrected chi connectivity index (χ4v) is 2.75. The first-order chi connectivity index (χ1) is 8.51. The van der Waals surface area contributed by atoms with Gasteiger partial charge in [-0.25, -0.2) is 4.39 Å². The van der Waals surface area contributed by atoms with Gasteiger partial charge in [-0.15, -0.1) is 0 Å². The standard InChI is InChI=1S/C14H20FNOS/c1-5-12(9-18-4)16(3)14-7-6-11(10(2)17)8-13(14)15/h6-8,12H,5,9H2,1-4H3. The van der Waals surface area contributed by atoms with Gasteiger partial charge in [0.15, 0.2) is 5.78 Å². The van der Waals surface area contributed by atoms with Crippen LogP contribution in [0.3, 0.4) is 0 Å². The van der Waals surface area contributed by atoms with E-state index in [4.69, 9.17) is 0 Å². The molecule has 0 aliphatic heterocycles. The van der Waals surface area contributed by atoms with Gasteiger partial charge in [0.25, 0.3) is 0 Å². The van der Waals surface area contributed by atoms with Gasteiger partial charge >= 0.3 is 0 Å². The second kappa shape index (κ2) is 6.78. The van der Waals surface area contributed by atoms with Crippen LogP contribution >= 0.6 is 11.8 Å². The van der Waals surface area contributed by atoms with Crippen LogP contribution in [-0.4, -0.2) is 30.9 Å². The predicted octanol–water partition coefficient (Wildman–Crippen LogP) is 3.61. The Kier molecular flexibility index (Phi) is 5.66. The molecule has 100 valence electrons. The quantitative estimate of drug-likeness (QED) is 0.736. The lowest BCUT2D eigenvalue weighted by atomic mass is 10.1. The summed E-state index contributed by atoms with van der Waals surface area (Å²) in [7, 11) is 1.90. The summed E-state index contributed by atoms with van der Waals surface area (Å²) in [6, 6.07) is 5.00. The Balaban J connectivity index is 2.98. The van der Waals surface area contributed by atoms with Crippen molar-refractivity contribution in [2.45, 2.75) is 26.3 Å². The van der Waals surface area contributed by atoms with E-state index in [1.54, 1.807) is 23.9 Å². The van der Waals surface area contributed by atoms with Gasteiger partial charge in [0.2, 0.25) is 0 Å². The van der Waals surface area contributed by atoms with Crippen LogP contribution in [-0.2, 0) is 0 Å². The number of ketones is 1. The molecule has 0 N–H and O–H groups in total. The molecule has 0 aromatic heterocycles. The van der Waals surface area contributed by atoms with Gasteiger partial charge in [0.05, 0.1) is 5.69 Å². The molecule has 0 radical (unpaired) electrons. The molecule has 2 nitrogen and oxygen atoms in total. The van der Waals surface area contributed by atoms with Crippen LogP contribution in [0.15, 0.2) is 18.2 Å². The van der Waals surface area contributed by atoms with Gasteiger partial charge in [0, 0.05) is 24.4 Å². The number of carbonyl (C=O) groups excluding carboxylic acids is 1. The topological polar surface area (TPSA) is 20.3 Å². The minimum Gasteiger partial charge on any atom is -0.368 e. The molecule has 1 aromatic rings.